The van der Waals surface area contributed by atoms with Gasteiger partial charge in [-0.1, -0.05) is 0 Å². The van der Waals surface area contributed by atoms with Gasteiger partial charge >= 0.3 is 0 Å². The molecule has 1 saturated heterocycles. The van der Waals surface area contributed by atoms with Gasteiger partial charge in [0.25, 0.3) is 0 Å². The third-order valence-corrected chi connectivity index (χ3v) is 2.72. The molecular weight excluding hydrogens is 237 g/mol. The molecule has 88 valence electrons. The fourth-order valence-corrected chi connectivity index (χ4v) is 1.72. The van der Waals surface area contributed by atoms with Crippen LogP contribution in [-0.4, -0.2) is 22.4 Å². The van der Waals surface area contributed by atoms with Gasteiger partial charge in [0.2, 0.25) is 0 Å². The molecular formula is C9H17Cl2N3O. The highest BCUT2D eigenvalue weighted by Crippen LogP contribution is 2.29. The van der Waals surface area contributed by atoms with Crippen molar-refractivity contribution in [3.8, 4) is 0 Å². The van der Waals surface area contributed by atoms with Crippen molar-refractivity contribution in [3.05, 3.63) is 17.5 Å². The van der Waals surface area contributed by atoms with Crippen molar-refractivity contribution < 1.29 is 4.74 Å². The Balaban J connectivity index is 0.000000980. The minimum atomic E-state index is 0. The minimum absolute atomic E-state index is 0. The summed E-state index contributed by atoms with van der Waals surface area (Å²) >= 11 is 0. The van der Waals surface area contributed by atoms with Crippen molar-refractivity contribution in [1.82, 2.24) is 9.78 Å². The Morgan fingerprint density at radius 3 is 2.60 bits per heavy atom. The van der Waals surface area contributed by atoms with Gasteiger partial charge in [0.15, 0.2) is 0 Å². The Morgan fingerprint density at radius 2 is 2.20 bits per heavy atom. The third-order valence-electron chi connectivity index (χ3n) is 2.72. The van der Waals surface area contributed by atoms with Crippen LogP contribution in [0.2, 0.25) is 0 Å². The predicted molar refractivity (Wildman–Crippen MR) is 63.7 cm³/mol. The summed E-state index contributed by atoms with van der Waals surface area (Å²) in [7, 11) is 1.93. The van der Waals surface area contributed by atoms with Crippen LogP contribution in [0.3, 0.4) is 0 Å². The quantitative estimate of drug-likeness (QED) is 0.823. The summed E-state index contributed by atoms with van der Waals surface area (Å²) in [6, 6.07) is 0.128. The van der Waals surface area contributed by atoms with Crippen molar-refractivity contribution >= 4 is 24.8 Å². The van der Waals surface area contributed by atoms with E-state index >= 15 is 0 Å². The van der Waals surface area contributed by atoms with Crippen LogP contribution in [0.5, 0.6) is 0 Å². The second-order valence-corrected chi connectivity index (χ2v) is 3.55. The molecule has 2 N–H and O–H groups in total. The predicted octanol–water partition coefficient (Wildman–Crippen LogP) is 1.36. The van der Waals surface area contributed by atoms with Gasteiger partial charge < -0.3 is 10.5 Å². The maximum absolute atomic E-state index is 5.93. The molecule has 6 heteroatoms. The van der Waals surface area contributed by atoms with Gasteiger partial charge in [0.05, 0.1) is 6.20 Å². The molecule has 0 aliphatic carbocycles. The Hall–Kier alpha value is -0.290. The fraction of sp³-hybridized carbons (Fsp3) is 0.667. The molecule has 0 saturated carbocycles. The lowest BCUT2D eigenvalue weighted by Gasteiger charge is -2.13. The zero-order valence-corrected chi connectivity index (χ0v) is 10.5. The number of nitrogens with zero attached hydrogens (tertiary/aromatic N) is 2. The molecule has 15 heavy (non-hydrogen) atoms. The lowest BCUT2D eigenvalue weighted by molar-refractivity contribution is 0.104. The summed E-state index contributed by atoms with van der Waals surface area (Å²) in [4.78, 5) is 0. The van der Waals surface area contributed by atoms with Crippen LogP contribution in [0.1, 0.15) is 23.8 Å². The lowest BCUT2D eigenvalue weighted by Crippen LogP contribution is -2.23. The van der Waals surface area contributed by atoms with Crippen molar-refractivity contribution in [2.75, 3.05) is 6.61 Å². The fourth-order valence-electron chi connectivity index (χ4n) is 1.72. The molecule has 0 amide bonds. The first-order valence-corrected chi connectivity index (χ1v) is 4.56. The van der Waals surface area contributed by atoms with E-state index < -0.39 is 0 Å². The first-order chi connectivity index (χ1) is 6.20. The molecule has 2 heterocycles. The van der Waals surface area contributed by atoms with E-state index in [4.69, 9.17) is 10.5 Å². The van der Waals surface area contributed by atoms with Crippen LogP contribution in [0.4, 0.5) is 0 Å². The largest absolute Gasteiger partial charge is 0.372 e. The SMILES string of the molecule is Cc1c([C@@H]2OCC[C@H]2N)cnn1C.Cl.Cl. The van der Waals surface area contributed by atoms with Crippen molar-refractivity contribution in [2.45, 2.75) is 25.5 Å². The highest BCUT2D eigenvalue weighted by Gasteiger charge is 2.28. The van der Waals surface area contributed by atoms with Gasteiger partial charge in [-0.3, -0.25) is 4.68 Å². The molecule has 1 aliphatic rings. The molecule has 0 radical (unpaired) electrons. The van der Waals surface area contributed by atoms with E-state index in [0.717, 1.165) is 24.3 Å². The summed E-state index contributed by atoms with van der Waals surface area (Å²) < 4.78 is 7.42. The van der Waals surface area contributed by atoms with Gasteiger partial charge in [-0.15, -0.1) is 24.8 Å². The van der Waals surface area contributed by atoms with E-state index in [1.807, 2.05) is 24.9 Å². The molecule has 1 aromatic rings. The number of aromatic nitrogens is 2. The lowest BCUT2D eigenvalue weighted by atomic mass is 10.0. The van der Waals surface area contributed by atoms with E-state index in [1.165, 1.54) is 0 Å². The Bertz CT molecular complexity index is 316. The molecule has 0 unspecified atom stereocenters. The number of aryl methyl sites for hydroxylation is 1. The van der Waals surface area contributed by atoms with Gasteiger partial charge in [-0.2, -0.15) is 5.10 Å². The van der Waals surface area contributed by atoms with E-state index in [-0.39, 0.29) is 37.0 Å². The van der Waals surface area contributed by atoms with Crippen molar-refractivity contribution in [2.24, 2.45) is 12.8 Å². The Kier molecular flexibility index (Phi) is 5.59. The van der Waals surface area contributed by atoms with Crippen LogP contribution in [0.15, 0.2) is 6.20 Å². The zero-order chi connectivity index (χ0) is 9.42. The molecule has 0 spiro atoms. The Labute approximate surface area is 102 Å². The highest BCUT2D eigenvalue weighted by atomic mass is 35.5. The minimum Gasteiger partial charge on any atom is -0.372 e. The topological polar surface area (TPSA) is 53.1 Å². The molecule has 1 fully saturated rings. The summed E-state index contributed by atoms with van der Waals surface area (Å²) in [6.07, 6.45) is 2.85. The number of hydrogen-bond donors (Lipinski definition) is 1. The molecule has 2 rings (SSSR count). The number of halogens is 2. The molecule has 4 nitrogen and oxygen atoms in total. The summed E-state index contributed by atoms with van der Waals surface area (Å²) in [5.41, 5.74) is 8.20. The summed E-state index contributed by atoms with van der Waals surface area (Å²) in [5.74, 6) is 0. The molecule has 1 aliphatic heterocycles. The average molecular weight is 254 g/mol. The monoisotopic (exact) mass is 253 g/mol. The van der Waals surface area contributed by atoms with E-state index in [9.17, 15) is 0 Å². The van der Waals surface area contributed by atoms with Crippen LogP contribution >= 0.6 is 24.8 Å². The smallest absolute Gasteiger partial charge is 0.101 e. The number of rotatable bonds is 1. The Morgan fingerprint density at radius 1 is 1.53 bits per heavy atom. The molecule has 0 aromatic carbocycles. The normalized spacial score (nSPS) is 24.5. The van der Waals surface area contributed by atoms with Gasteiger partial charge in [-0.05, 0) is 13.3 Å². The maximum Gasteiger partial charge on any atom is 0.101 e. The summed E-state index contributed by atoms with van der Waals surface area (Å²) in [5, 5.41) is 4.18. The molecule has 2 atom stereocenters. The first kappa shape index (κ1) is 14.7. The van der Waals surface area contributed by atoms with E-state index in [2.05, 4.69) is 5.10 Å². The third kappa shape index (κ3) is 2.64. The number of ether oxygens (including phenoxy) is 1. The number of nitrogens with two attached hydrogens (primary N) is 1. The van der Waals surface area contributed by atoms with Crippen molar-refractivity contribution in [3.63, 3.8) is 0 Å². The van der Waals surface area contributed by atoms with E-state index in [1.54, 1.807) is 0 Å². The van der Waals surface area contributed by atoms with Crippen LogP contribution in [0, 0.1) is 6.92 Å². The van der Waals surface area contributed by atoms with Crippen LogP contribution < -0.4 is 5.73 Å². The second-order valence-electron chi connectivity index (χ2n) is 3.55. The van der Waals surface area contributed by atoms with Gasteiger partial charge in [-0.25, -0.2) is 0 Å². The maximum atomic E-state index is 5.93. The molecule has 1 aromatic heterocycles. The average Bonchev–Trinajstić information content (AvgIpc) is 2.62. The standard InChI is InChI=1S/C9H15N3O.2ClH/c1-6-7(5-11-12(6)2)9-8(10)3-4-13-9;;/h5,8-9H,3-4,10H2,1-2H3;2*1H/t8-,9+;;/m1../s1. The van der Waals surface area contributed by atoms with Gasteiger partial charge in [0.1, 0.15) is 6.10 Å². The number of hydrogen-bond acceptors (Lipinski definition) is 3. The molecule has 0 bridgehead atoms. The van der Waals surface area contributed by atoms with Crippen LogP contribution in [-0.2, 0) is 11.8 Å². The van der Waals surface area contributed by atoms with Crippen molar-refractivity contribution in [1.29, 1.82) is 0 Å². The van der Waals surface area contributed by atoms with Crippen LogP contribution in [0.25, 0.3) is 0 Å². The van der Waals surface area contributed by atoms with E-state index in [0.29, 0.717) is 0 Å². The zero-order valence-electron chi connectivity index (χ0n) is 8.84. The summed E-state index contributed by atoms with van der Waals surface area (Å²) in [6.45, 7) is 2.80. The van der Waals surface area contributed by atoms with Gasteiger partial charge in [0, 0.05) is 31.0 Å². The highest BCUT2D eigenvalue weighted by molar-refractivity contribution is 5.85. The second kappa shape index (κ2) is 5.70. The first-order valence-electron chi connectivity index (χ1n) is 4.56.